The smallest absolute Gasteiger partial charge is 0.223 e. The van der Waals surface area contributed by atoms with Gasteiger partial charge in [0, 0.05) is 30.9 Å². The van der Waals surface area contributed by atoms with Crippen LogP contribution in [0.5, 0.6) is 0 Å². The standard InChI is InChI=1S/C15H19ClN6/c1-10-3-2-4-13(18-10)19-11-5-7-22(8-6-11)14-9-12(16)20-15(17)21-14/h2-4,9,11H,5-8H2,1H3,(H,18,19)(H2,17,20,21). The molecule has 0 radical (unpaired) electrons. The van der Waals surface area contributed by atoms with E-state index >= 15 is 0 Å². The number of pyridine rings is 1. The van der Waals surface area contributed by atoms with E-state index in [1.165, 1.54) is 0 Å². The van der Waals surface area contributed by atoms with Gasteiger partial charge in [0.25, 0.3) is 0 Å². The number of nitrogens with one attached hydrogen (secondary N) is 1. The highest BCUT2D eigenvalue weighted by atomic mass is 35.5. The molecular weight excluding hydrogens is 300 g/mol. The lowest BCUT2D eigenvalue weighted by Crippen LogP contribution is -2.39. The minimum atomic E-state index is 0.215. The number of anilines is 3. The summed E-state index contributed by atoms with van der Waals surface area (Å²) in [6.07, 6.45) is 2.02. The van der Waals surface area contributed by atoms with Crippen molar-refractivity contribution in [2.45, 2.75) is 25.8 Å². The molecule has 0 aromatic carbocycles. The summed E-state index contributed by atoms with van der Waals surface area (Å²) in [4.78, 5) is 14.8. The van der Waals surface area contributed by atoms with Crippen LogP contribution in [0, 0.1) is 6.92 Å². The Balaban J connectivity index is 1.60. The third-order valence-corrected chi connectivity index (χ3v) is 3.95. The second-order valence-electron chi connectivity index (χ2n) is 5.48. The maximum absolute atomic E-state index is 5.94. The predicted octanol–water partition coefficient (Wildman–Crippen LogP) is 2.50. The van der Waals surface area contributed by atoms with E-state index in [1.54, 1.807) is 6.07 Å². The topological polar surface area (TPSA) is 80.0 Å². The van der Waals surface area contributed by atoms with Crippen molar-refractivity contribution in [1.29, 1.82) is 0 Å². The highest BCUT2D eigenvalue weighted by molar-refractivity contribution is 6.29. The molecule has 0 bridgehead atoms. The number of nitrogens with two attached hydrogens (primary N) is 1. The monoisotopic (exact) mass is 318 g/mol. The average molecular weight is 319 g/mol. The number of nitrogens with zero attached hydrogens (tertiary/aromatic N) is 4. The Morgan fingerprint density at radius 3 is 2.68 bits per heavy atom. The molecule has 2 aromatic heterocycles. The highest BCUT2D eigenvalue weighted by Crippen LogP contribution is 2.22. The molecule has 0 amide bonds. The first-order chi connectivity index (χ1) is 10.6. The van der Waals surface area contributed by atoms with Crippen molar-refractivity contribution >= 4 is 29.2 Å². The molecule has 6 nitrogen and oxygen atoms in total. The molecule has 0 spiro atoms. The van der Waals surface area contributed by atoms with E-state index in [0.717, 1.165) is 43.3 Å². The largest absolute Gasteiger partial charge is 0.368 e. The number of aryl methyl sites for hydroxylation is 1. The Bertz CT molecular complexity index is 634. The van der Waals surface area contributed by atoms with Gasteiger partial charge in [0.05, 0.1) is 0 Å². The summed E-state index contributed by atoms with van der Waals surface area (Å²) >= 11 is 5.94. The zero-order valence-corrected chi connectivity index (χ0v) is 13.2. The van der Waals surface area contributed by atoms with Gasteiger partial charge in [-0.1, -0.05) is 17.7 Å². The van der Waals surface area contributed by atoms with Gasteiger partial charge >= 0.3 is 0 Å². The van der Waals surface area contributed by atoms with Gasteiger partial charge in [0.1, 0.15) is 16.8 Å². The first-order valence-corrected chi connectivity index (χ1v) is 7.73. The van der Waals surface area contributed by atoms with Gasteiger partial charge in [-0.3, -0.25) is 0 Å². The van der Waals surface area contributed by atoms with Crippen molar-refractivity contribution in [3.63, 3.8) is 0 Å². The fraction of sp³-hybridized carbons (Fsp3) is 0.400. The minimum Gasteiger partial charge on any atom is -0.368 e. The highest BCUT2D eigenvalue weighted by Gasteiger charge is 2.21. The molecule has 116 valence electrons. The van der Waals surface area contributed by atoms with E-state index in [9.17, 15) is 0 Å². The molecule has 7 heteroatoms. The van der Waals surface area contributed by atoms with E-state index in [-0.39, 0.29) is 5.95 Å². The quantitative estimate of drug-likeness (QED) is 0.846. The van der Waals surface area contributed by atoms with E-state index < -0.39 is 0 Å². The molecule has 1 fully saturated rings. The number of hydrogen-bond acceptors (Lipinski definition) is 6. The molecule has 0 atom stereocenters. The third-order valence-electron chi connectivity index (χ3n) is 3.76. The Kier molecular flexibility index (Phi) is 4.29. The first-order valence-electron chi connectivity index (χ1n) is 7.35. The van der Waals surface area contributed by atoms with Crippen molar-refractivity contribution in [3.8, 4) is 0 Å². The number of rotatable bonds is 3. The van der Waals surface area contributed by atoms with Crippen LogP contribution in [0.1, 0.15) is 18.5 Å². The van der Waals surface area contributed by atoms with Crippen LogP contribution < -0.4 is 16.0 Å². The SMILES string of the molecule is Cc1cccc(NC2CCN(c3cc(Cl)nc(N)n3)CC2)n1. The molecule has 3 N–H and O–H groups in total. The maximum atomic E-state index is 5.94. The van der Waals surface area contributed by atoms with Gasteiger partial charge < -0.3 is 16.0 Å². The lowest BCUT2D eigenvalue weighted by Gasteiger charge is -2.33. The van der Waals surface area contributed by atoms with E-state index in [0.29, 0.717) is 11.2 Å². The second-order valence-corrected chi connectivity index (χ2v) is 5.86. The Hall–Kier alpha value is -2.08. The van der Waals surface area contributed by atoms with Crippen molar-refractivity contribution in [2.75, 3.05) is 29.0 Å². The van der Waals surface area contributed by atoms with Crippen LogP contribution in [0.25, 0.3) is 0 Å². The minimum absolute atomic E-state index is 0.215. The molecular formula is C15H19ClN6. The molecule has 0 unspecified atom stereocenters. The molecule has 1 aliphatic heterocycles. The van der Waals surface area contributed by atoms with Crippen LogP contribution in [0.2, 0.25) is 5.15 Å². The fourth-order valence-corrected chi connectivity index (χ4v) is 2.85. The molecule has 22 heavy (non-hydrogen) atoms. The van der Waals surface area contributed by atoms with Crippen LogP contribution in [0.15, 0.2) is 24.3 Å². The van der Waals surface area contributed by atoms with Crippen molar-refractivity contribution in [2.24, 2.45) is 0 Å². The Morgan fingerprint density at radius 1 is 1.23 bits per heavy atom. The molecule has 2 aromatic rings. The van der Waals surface area contributed by atoms with Crippen molar-refractivity contribution in [3.05, 3.63) is 35.1 Å². The molecule has 3 heterocycles. The van der Waals surface area contributed by atoms with Gasteiger partial charge in [0.2, 0.25) is 5.95 Å². The van der Waals surface area contributed by atoms with E-state index in [2.05, 4.69) is 25.2 Å². The maximum Gasteiger partial charge on any atom is 0.223 e. The van der Waals surface area contributed by atoms with Gasteiger partial charge in [-0.2, -0.15) is 4.98 Å². The number of nitrogen functional groups attached to an aromatic ring is 1. The predicted molar refractivity (Wildman–Crippen MR) is 89.3 cm³/mol. The van der Waals surface area contributed by atoms with Crippen LogP contribution in [-0.2, 0) is 0 Å². The van der Waals surface area contributed by atoms with Crippen LogP contribution in [-0.4, -0.2) is 34.1 Å². The molecule has 1 saturated heterocycles. The van der Waals surface area contributed by atoms with Crippen LogP contribution >= 0.6 is 11.6 Å². The molecule has 0 aliphatic carbocycles. The normalized spacial score (nSPS) is 15.8. The summed E-state index contributed by atoms with van der Waals surface area (Å²) in [5.74, 6) is 1.95. The third kappa shape index (κ3) is 3.57. The van der Waals surface area contributed by atoms with Crippen molar-refractivity contribution in [1.82, 2.24) is 15.0 Å². The summed E-state index contributed by atoms with van der Waals surface area (Å²) in [5, 5.41) is 3.88. The summed E-state index contributed by atoms with van der Waals surface area (Å²) in [5.41, 5.74) is 6.68. The average Bonchev–Trinajstić information content (AvgIpc) is 2.47. The van der Waals surface area contributed by atoms with Gasteiger partial charge in [-0.05, 0) is 31.9 Å². The zero-order chi connectivity index (χ0) is 15.5. The summed E-state index contributed by atoms with van der Waals surface area (Å²) in [6, 6.07) is 8.20. The second kappa shape index (κ2) is 6.36. The lowest BCUT2D eigenvalue weighted by atomic mass is 10.1. The number of piperidine rings is 1. The van der Waals surface area contributed by atoms with E-state index in [1.807, 2.05) is 25.1 Å². The number of halogens is 1. The molecule has 0 saturated carbocycles. The van der Waals surface area contributed by atoms with Gasteiger partial charge in [-0.15, -0.1) is 0 Å². The number of hydrogen-bond donors (Lipinski definition) is 2. The Labute approximate surface area is 134 Å². The van der Waals surface area contributed by atoms with Crippen LogP contribution in [0.4, 0.5) is 17.6 Å². The summed E-state index contributed by atoms with van der Waals surface area (Å²) < 4.78 is 0. The fourth-order valence-electron chi connectivity index (χ4n) is 2.67. The van der Waals surface area contributed by atoms with Gasteiger partial charge in [0.15, 0.2) is 0 Å². The Morgan fingerprint density at radius 2 is 2.00 bits per heavy atom. The lowest BCUT2D eigenvalue weighted by molar-refractivity contribution is 0.522. The van der Waals surface area contributed by atoms with Gasteiger partial charge in [-0.25, -0.2) is 9.97 Å². The summed E-state index contributed by atoms with van der Waals surface area (Å²) in [6.45, 7) is 3.80. The summed E-state index contributed by atoms with van der Waals surface area (Å²) in [7, 11) is 0. The first kappa shape index (κ1) is 14.8. The van der Waals surface area contributed by atoms with Crippen molar-refractivity contribution < 1.29 is 0 Å². The van der Waals surface area contributed by atoms with Crippen LogP contribution in [0.3, 0.4) is 0 Å². The zero-order valence-electron chi connectivity index (χ0n) is 12.5. The molecule has 3 rings (SSSR count). The molecule has 1 aliphatic rings. The number of aromatic nitrogens is 3. The van der Waals surface area contributed by atoms with E-state index in [4.69, 9.17) is 17.3 Å².